The Kier molecular flexibility index (Phi) is 5.61. The first-order chi connectivity index (χ1) is 15.8. The summed E-state index contributed by atoms with van der Waals surface area (Å²) < 4.78 is 0. The van der Waals surface area contributed by atoms with Crippen LogP contribution in [0.1, 0.15) is 52.7 Å². The van der Waals surface area contributed by atoms with Crippen molar-refractivity contribution in [1.29, 1.82) is 0 Å². The highest BCUT2D eigenvalue weighted by atomic mass is 32.1. The van der Waals surface area contributed by atoms with E-state index in [9.17, 15) is 9.59 Å². The Labute approximate surface area is 199 Å². The molecule has 1 heterocycles. The number of benzene rings is 2. The summed E-state index contributed by atoms with van der Waals surface area (Å²) in [5, 5.41) is 6.75. The molecule has 3 aromatic rings. The lowest BCUT2D eigenvalue weighted by atomic mass is 9.49. The second kappa shape index (κ2) is 8.45. The predicted octanol–water partition coefficient (Wildman–Crippen LogP) is 6.65. The lowest BCUT2D eigenvalue weighted by molar-refractivity contribution is -0.134. The Morgan fingerprint density at radius 2 is 1.52 bits per heavy atom. The van der Waals surface area contributed by atoms with Gasteiger partial charge in [0, 0.05) is 27.4 Å². The normalized spacial score (nSPS) is 23.5. The zero-order valence-corrected chi connectivity index (χ0v) is 20.2. The fraction of sp³-hybridized carbons (Fsp3) is 0.357. The first-order valence-electron chi connectivity index (χ1n) is 11.7. The van der Waals surface area contributed by atoms with Crippen LogP contribution in [0.2, 0.25) is 0 Å². The van der Waals surface area contributed by atoms with Crippen LogP contribution in [-0.2, 0) is 4.79 Å². The van der Waals surface area contributed by atoms with Gasteiger partial charge in [-0.3, -0.25) is 9.59 Å². The summed E-state index contributed by atoms with van der Waals surface area (Å²) >= 11 is 1.65. The number of carbonyl (C=O) groups is 2. The van der Waals surface area contributed by atoms with Crippen LogP contribution in [-0.4, -0.2) is 17.7 Å². The zero-order valence-electron chi connectivity index (χ0n) is 19.4. The van der Waals surface area contributed by atoms with E-state index in [4.69, 9.17) is 0 Å². The van der Waals surface area contributed by atoms with Gasteiger partial charge in [-0.1, -0.05) is 42.5 Å². The predicted molar refractivity (Wildman–Crippen MR) is 135 cm³/mol. The monoisotopic (exact) mass is 458 g/mol. The molecule has 4 nitrogen and oxygen atoms in total. The van der Waals surface area contributed by atoms with Gasteiger partial charge >= 0.3 is 0 Å². The van der Waals surface area contributed by atoms with E-state index >= 15 is 0 Å². The number of rotatable bonds is 6. The molecule has 1 spiro atoms. The quantitative estimate of drug-likeness (QED) is 0.435. The van der Waals surface area contributed by atoms with Crippen molar-refractivity contribution in [2.45, 2.75) is 52.5 Å². The lowest BCUT2D eigenvalue weighted by Gasteiger charge is -2.57. The van der Waals surface area contributed by atoms with Crippen molar-refractivity contribution < 1.29 is 9.59 Å². The maximum atomic E-state index is 13.2. The summed E-state index contributed by atoms with van der Waals surface area (Å²) in [5.41, 5.74) is 5.27. The van der Waals surface area contributed by atoms with Crippen LogP contribution in [0.15, 0.2) is 54.6 Å². The standard InChI is InChI=1S/C28H30N2O2S/c1-17(31)22-13-28(14-22)15-24(16-28)30-27(32)25-18(2)33-19(3)26(25)29-23-11-9-21(10-12-23)20-7-5-4-6-8-20/h4-12,22,24,29H,13-16H2,1-3H3,(H,30,32). The zero-order chi connectivity index (χ0) is 23.2. The van der Waals surface area contributed by atoms with E-state index in [1.807, 2.05) is 25.1 Å². The Bertz CT molecular complexity index is 1180. The topological polar surface area (TPSA) is 58.2 Å². The molecule has 0 atom stereocenters. The van der Waals surface area contributed by atoms with Crippen LogP contribution in [0.25, 0.3) is 11.1 Å². The van der Waals surface area contributed by atoms with Gasteiger partial charge in [0.15, 0.2) is 0 Å². The molecule has 2 N–H and O–H groups in total. The molecule has 5 rings (SSSR count). The molecule has 0 saturated heterocycles. The van der Waals surface area contributed by atoms with Crippen molar-refractivity contribution in [2.75, 3.05) is 5.32 Å². The molecular weight excluding hydrogens is 428 g/mol. The number of ketones is 1. The van der Waals surface area contributed by atoms with Gasteiger partial charge in [0.2, 0.25) is 0 Å². The molecule has 2 fully saturated rings. The van der Waals surface area contributed by atoms with E-state index in [2.05, 4.69) is 54.0 Å². The minimum atomic E-state index is 0.00236. The number of anilines is 2. The molecule has 2 saturated carbocycles. The summed E-state index contributed by atoms with van der Waals surface area (Å²) in [6, 6.07) is 18.9. The van der Waals surface area contributed by atoms with Crippen molar-refractivity contribution in [3.05, 3.63) is 69.9 Å². The number of amides is 1. The van der Waals surface area contributed by atoms with Crippen molar-refractivity contribution in [2.24, 2.45) is 11.3 Å². The van der Waals surface area contributed by atoms with E-state index in [0.717, 1.165) is 52.4 Å². The maximum Gasteiger partial charge on any atom is 0.254 e. The maximum absolute atomic E-state index is 13.2. The molecule has 0 radical (unpaired) electrons. The third kappa shape index (κ3) is 4.22. The fourth-order valence-electron chi connectivity index (χ4n) is 5.58. The number of nitrogens with one attached hydrogen (secondary N) is 2. The summed E-state index contributed by atoms with van der Waals surface area (Å²) in [6.07, 6.45) is 3.98. The van der Waals surface area contributed by atoms with E-state index in [1.165, 1.54) is 11.1 Å². The summed E-state index contributed by atoms with van der Waals surface area (Å²) in [4.78, 5) is 26.9. The molecule has 0 unspecified atom stereocenters. The van der Waals surface area contributed by atoms with Gasteiger partial charge in [-0.15, -0.1) is 11.3 Å². The number of hydrogen-bond acceptors (Lipinski definition) is 4. The smallest absolute Gasteiger partial charge is 0.254 e. The van der Waals surface area contributed by atoms with Gasteiger partial charge in [0.05, 0.1) is 11.3 Å². The van der Waals surface area contributed by atoms with Crippen LogP contribution >= 0.6 is 11.3 Å². The molecule has 170 valence electrons. The Morgan fingerprint density at radius 1 is 0.879 bits per heavy atom. The number of Topliss-reactive ketones (excluding diaryl/α,β-unsaturated/α-hetero) is 1. The molecule has 2 aromatic carbocycles. The van der Waals surface area contributed by atoms with E-state index in [1.54, 1.807) is 18.3 Å². The molecule has 2 aliphatic carbocycles. The third-order valence-corrected chi connectivity index (χ3v) is 8.40. The van der Waals surface area contributed by atoms with Gasteiger partial charge in [0.1, 0.15) is 5.78 Å². The highest BCUT2D eigenvalue weighted by molar-refractivity contribution is 7.12. The van der Waals surface area contributed by atoms with Crippen LogP contribution in [0.5, 0.6) is 0 Å². The minimum absolute atomic E-state index is 0.00236. The summed E-state index contributed by atoms with van der Waals surface area (Å²) in [6.45, 7) is 5.77. The van der Waals surface area contributed by atoms with Gasteiger partial charge in [-0.05, 0) is 75.1 Å². The van der Waals surface area contributed by atoms with Crippen LogP contribution in [0.3, 0.4) is 0 Å². The first-order valence-corrected chi connectivity index (χ1v) is 12.5. The summed E-state index contributed by atoms with van der Waals surface area (Å²) in [7, 11) is 0. The Morgan fingerprint density at radius 3 is 2.15 bits per heavy atom. The van der Waals surface area contributed by atoms with Gasteiger partial charge in [-0.25, -0.2) is 0 Å². The highest BCUT2D eigenvalue weighted by Crippen LogP contribution is 2.59. The second-order valence-corrected chi connectivity index (χ2v) is 11.3. The Balaban J connectivity index is 1.26. The average molecular weight is 459 g/mol. The van der Waals surface area contributed by atoms with E-state index in [0.29, 0.717) is 11.2 Å². The largest absolute Gasteiger partial charge is 0.354 e. The molecule has 0 aliphatic heterocycles. The van der Waals surface area contributed by atoms with E-state index < -0.39 is 0 Å². The molecule has 1 amide bonds. The fourth-order valence-corrected chi connectivity index (χ4v) is 6.59. The first kappa shape index (κ1) is 21.9. The number of thiophene rings is 1. The van der Waals surface area contributed by atoms with Crippen molar-refractivity contribution in [3.63, 3.8) is 0 Å². The molecule has 1 aromatic heterocycles. The van der Waals surface area contributed by atoms with Crippen LogP contribution in [0, 0.1) is 25.2 Å². The molecule has 5 heteroatoms. The third-order valence-electron chi connectivity index (χ3n) is 7.38. The summed E-state index contributed by atoms with van der Waals surface area (Å²) in [5.74, 6) is 0.556. The minimum Gasteiger partial charge on any atom is -0.354 e. The van der Waals surface area contributed by atoms with Crippen molar-refractivity contribution >= 4 is 34.4 Å². The molecule has 33 heavy (non-hydrogen) atoms. The lowest BCUT2D eigenvalue weighted by Crippen LogP contribution is -2.57. The average Bonchev–Trinajstić information content (AvgIpc) is 3.02. The molecular formula is C28H30N2O2S. The number of hydrogen-bond donors (Lipinski definition) is 2. The van der Waals surface area contributed by atoms with Gasteiger partial charge in [-0.2, -0.15) is 0 Å². The molecule has 0 bridgehead atoms. The van der Waals surface area contributed by atoms with Crippen LogP contribution < -0.4 is 10.6 Å². The Hall–Kier alpha value is -2.92. The second-order valence-electron chi connectivity index (χ2n) is 9.83. The number of aryl methyl sites for hydroxylation is 2. The number of carbonyl (C=O) groups excluding carboxylic acids is 2. The highest BCUT2D eigenvalue weighted by Gasteiger charge is 2.54. The van der Waals surface area contributed by atoms with Gasteiger partial charge < -0.3 is 10.6 Å². The van der Waals surface area contributed by atoms with Gasteiger partial charge in [0.25, 0.3) is 5.91 Å². The molecule has 2 aliphatic rings. The van der Waals surface area contributed by atoms with Crippen molar-refractivity contribution in [3.8, 4) is 11.1 Å². The van der Waals surface area contributed by atoms with Crippen molar-refractivity contribution in [1.82, 2.24) is 5.32 Å². The van der Waals surface area contributed by atoms with Crippen LogP contribution in [0.4, 0.5) is 11.4 Å². The SMILES string of the molecule is CC(=O)C1CC2(CC(NC(=O)c3c(C)sc(C)c3Nc3ccc(-c4ccccc4)cc3)C2)C1. The van der Waals surface area contributed by atoms with E-state index in [-0.39, 0.29) is 17.9 Å².